The molecule has 30 heavy (non-hydrogen) atoms. The van der Waals surface area contributed by atoms with Gasteiger partial charge in [0.05, 0.1) is 11.9 Å². The average Bonchev–Trinajstić information content (AvgIpc) is 3.27. The van der Waals surface area contributed by atoms with Crippen molar-refractivity contribution in [1.82, 2.24) is 5.43 Å². The Hall–Kier alpha value is -4.30. The lowest BCUT2D eigenvalue weighted by atomic mass is 10.1. The number of hydrogen-bond acceptors (Lipinski definition) is 5. The van der Waals surface area contributed by atoms with E-state index in [0.29, 0.717) is 10.9 Å². The Morgan fingerprint density at radius 1 is 0.900 bits per heavy atom. The molecule has 1 aliphatic heterocycles. The molecule has 0 saturated carbocycles. The highest BCUT2D eigenvalue weighted by Crippen LogP contribution is 2.11. The van der Waals surface area contributed by atoms with Crippen molar-refractivity contribution in [3.05, 3.63) is 104 Å². The van der Waals surface area contributed by atoms with E-state index in [4.69, 9.17) is 10.9 Å². The largest absolute Gasteiger partial charge is 0.350 e. The van der Waals surface area contributed by atoms with E-state index < -0.39 is 6.03 Å². The number of nitrogens with zero attached hydrogens (tertiary/aromatic N) is 3. The zero-order valence-electron chi connectivity index (χ0n) is 16.3. The lowest BCUT2D eigenvalue weighted by Crippen LogP contribution is -2.43. The number of urea groups is 1. The van der Waals surface area contributed by atoms with Gasteiger partial charge in [-0.25, -0.2) is 10.2 Å². The minimum Gasteiger partial charge on any atom is -0.350 e. The zero-order valence-corrected chi connectivity index (χ0v) is 16.3. The number of primary amides is 1. The van der Waals surface area contributed by atoms with Crippen LogP contribution in [-0.4, -0.2) is 17.1 Å². The number of hydrogen-bond donors (Lipinski definition) is 3. The molecule has 4 rings (SSSR count). The minimum absolute atomic E-state index is 0.269. The summed E-state index contributed by atoms with van der Waals surface area (Å²) >= 11 is 0. The molecule has 0 saturated heterocycles. The first-order valence-corrected chi connectivity index (χ1v) is 8.71. The summed E-state index contributed by atoms with van der Waals surface area (Å²) in [7, 11) is 0. The number of amides is 3. The maximum atomic E-state index is 10.3. The number of hydrazine groups is 1. The number of nitrogens with two attached hydrogens (primary N) is 1. The number of rotatable bonds is 2. The maximum Gasteiger partial charge on any atom is 0.332 e. The first-order chi connectivity index (χ1) is 14.6. The number of fused-ring (bicyclic) bond motifs is 1. The Bertz CT molecular complexity index is 911. The number of nitrogens with one attached hydrogen (secondary N) is 1. The number of anilines is 1. The van der Waals surface area contributed by atoms with Crippen molar-refractivity contribution >= 4 is 28.4 Å². The second kappa shape index (κ2) is 13.8. The predicted octanol–water partition coefficient (Wildman–Crippen LogP) is 4.60. The van der Waals surface area contributed by atoms with Crippen LogP contribution in [0.25, 0.3) is 10.8 Å². The molecular formula is C22H23N5O3. The van der Waals surface area contributed by atoms with Gasteiger partial charge >= 0.3 is 6.03 Å². The van der Waals surface area contributed by atoms with Crippen LogP contribution < -0.4 is 16.3 Å². The molecular weight excluding hydrogens is 382 g/mol. The molecule has 4 N–H and O–H groups in total. The molecule has 0 fully saturated rings. The fraction of sp³-hybridized carbons (Fsp3) is 0. The fourth-order valence-corrected chi connectivity index (χ4v) is 2.09. The van der Waals surface area contributed by atoms with Crippen molar-refractivity contribution < 1.29 is 14.8 Å². The van der Waals surface area contributed by atoms with E-state index in [9.17, 15) is 9.59 Å². The third kappa shape index (κ3) is 9.07. The molecule has 1 heterocycles. The molecule has 3 aromatic carbocycles. The number of para-hydroxylation sites is 1. The summed E-state index contributed by atoms with van der Waals surface area (Å²) in [6, 6.07) is 24.4. The van der Waals surface area contributed by atoms with Crippen LogP contribution in [0.3, 0.4) is 0 Å². The summed E-state index contributed by atoms with van der Waals surface area (Å²) in [5, 5.41) is 18.7. The van der Waals surface area contributed by atoms with Crippen LogP contribution in [0, 0.1) is 0 Å². The van der Waals surface area contributed by atoms with Gasteiger partial charge in [0.2, 0.25) is 0 Å². The molecule has 3 amide bonds. The molecule has 0 aromatic heterocycles. The summed E-state index contributed by atoms with van der Waals surface area (Å²) in [4.78, 5) is 20.2. The van der Waals surface area contributed by atoms with Gasteiger partial charge < -0.3 is 5.73 Å². The van der Waals surface area contributed by atoms with Crippen LogP contribution in [-0.2, 0) is 4.79 Å². The molecule has 0 aliphatic carbocycles. The van der Waals surface area contributed by atoms with Gasteiger partial charge in [0.15, 0.2) is 0 Å². The van der Waals surface area contributed by atoms with Crippen molar-refractivity contribution in [1.29, 1.82) is 0 Å². The van der Waals surface area contributed by atoms with Crippen molar-refractivity contribution in [2.45, 2.75) is 0 Å². The van der Waals surface area contributed by atoms with Gasteiger partial charge in [0.1, 0.15) is 0 Å². The first kappa shape index (κ1) is 23.7. The summed E-state index contributed by atoms with van der Waals surface area (Å²) in [5.74, 6) is -0.269. The van der Waals surface area contributed by atoms with Gasteiger partial charge in [-0.15, -0.1) is 18.3 Å². The highest BCUT2D eigenvalue weighted by Gasteiger charge is 2.01. The Balaban J connectivity index is 0.000000225. The maximum absolute atomic E-state index is 10.3. The highest BCUT2D eigenvalue weighted by molar-refractivity contribution is 5.89. The van der Waals surface area contributed by atoms with Gasteiger partial charge in [-0.05, 0) is 22.9 Å². The van der Waals surface area contributed by atoms with Gasteiger partial charge in [-0.2, -0.15) is 10.3 Å². The second-order valence-electron chi connectivity index (χ2n) is 5.34. The van der Waals surface area contributed by atoms with E-state index >= 15 is 0 Å². The van der Waals surface area contributed by atoms with E-state index in [-0.39, 0.29) is 5.91 Å². The molecule has 8 nitrogen and oxygen atoms in total. The standard InChI is InChI=1S/C10H8.C7H9N3O2.C3H2N2O.C2H4/c1-2-6-10-8-4-3-7-9(10)5-1;8-7(11)9-10(12)6-4-2-1-3-5-6;6-3-1-2-4-5-3;1-2/h1-8H;1-5,12H,(H3,8,9,11);1-2H;1-2H2. The Morgan fingerprint density at radius 2 is 1.37 bits per heavy atom. The normalized spacial score (nSPS) is 10.5. The Kier molecular flexibility index (Phi) is 10.9. The smallest absolute Gasteiger partial charge is 0.332 e. The molecule has 8 heteroatoms. The Labute approximate surface area is 174 Å². The molecule has 0 bridgehead atoms. The Morgan fingerprint density at radius 3 is 1.70 bits per heavy atom. The summed E-state index contributed by atoms with van der Waals surface area (Å²) in [6.45, 7) is 6.00. The fourth-order valence-electron chi connectivity index (χ4n) is 2.09. The number of carbonyl (C=O) groups excluding carboxylic acids is 2. The van der Waals surface area contributed by atoms with E-state index in [1.165, 1.54) is 23.0 Å². The van der Waals surface area contributed by atoms with E-state index in [1.54, 1.807) is 30.3 Å². The molecule has 154 valence electrons. The SMILES string of the molecule is C=C.NC(=O)NN(O)c1ccccc1.O=C1C=CN=N1.c1ccc2ccccc2c1. The van der Waals surface area contributed by atoms with Crippen LogP contribution >= 0.6 is 0 Å². The first-order valence-electron chi connectivity index (χ1n) is 8.71. The monoisotopic (exact) mass is 405 g/mol. The average molecular weight is 405 g/mol. The van der Waals surface area contributed by atoms with Crippen LogP contribution in [0.5, 0.6) is 0 Å². The predicted molar refractivity (Wildman–Crippen MR) is 118 cm³/mol. The summed E-state index contributed by atoms with van der Waals surface area (Å²) < 4.78 is 0. The van der Waals surface area contributed by atoms with Crippen molar-refractivity contribution in [3.8, 4) is 0 Å². The second-order valence-corrected chi connectivity index (χ2v) is 5.34. The quantitative estimate of drug-likeness (QED) is 0.426. The van der Waals surface area contributed by atoms with Crippen molar-refractivity contribution in [2.24, 2.45) is 16.0 Å². The van der Waals surface area contributed by atoms with Crippen LogP contribution in [0.1, 0.15) is 0 Å². The van der Waals surface area contributed by atoms with E-state index in [0.717, 1.165) is 0 Å². The van der Waals surface area contributed by atoms with E-state index in [2.05, 4.69) is 71.9 Å². The van der Waals surface area contributed by atoms with Gasteiger partial charge in [-0.1, -0.05) is 66.7 Å². The van der Waals surface area contributed by atoms with Gasteiger partial charge in [0.25, 0.3) is 5.91 Å². The topological polar surface area (TPSA) is 120 Å². The number of carbonyl (C=O) groups is 2. The van der Waals surface area contributed by atoms with E-state index in [1.807, 2.05) is 5.43 Å². The molecule has 0 atom stereocenters. The van der Waals surface area contributed by atoms with Crippen LogP contribution in [0.4, 0.5) is 10.5 Å². The number of benzene rings is 3. The molecule has 0 spiro atoms. The molecule has 0 radical (unpaired) electrons. The summed E-state index contributed by atoms with van der Waals surface area (Å²) in [6.07, 6.45) is 2.67. The minimum atomic E-state index is -0.818. The third-order valence-corrected chi connectivity index (χ3v) is 3.32. The van der Waals surface area contributed by atoms with Crippen molar-refractivity contribution in [2.75, 3.05) is 5.17 Å². The van der Waals surface area contributed by atoms with Crippen LogP contribution in [0.15, 0.2) is 115 Å². The third-order valence-electron chi connectivity index (χ3n) is 3.32. The zero-order chi connectivity index (χ0) is 22.2. The number of azo groups is 1. The lowest BCUT2D eigenvalue weighted by molar-refractivity contribution is -0.113. The van der Waals surface area contributed by atoms with Gasteiger partial charge in [0, 0.05) is 6.08 Å². The lowest BCUT2D eigenvalue weighted by Gasteiger charge is -2.15. The summed E-state index contributed by atoms with van der Waals surface area (Å²) in [5.41, 5.74) is 7.21. The van der Waals surface area contributed by atoms with Gasteiger partial charge in [-0.3, -0.25) is 10.0 Å². The molecule has 0 unspecified atom stereocenters. The molecule has 1 aliphatic rings. The van der Waals surface area contributed by atoms with Crippen molar-refractivity contribution in [3.63, 3.8) is 0 Å². The molecule has 3 aromatic rings. The highest BCUT2D eigenvalue weighted by atomic mass is 16.5. The van der Waals surface area contributed by atoms with Crippen LogP contribution in [0.2, 0.25) is 0 Å².